The first-order chi connectivity index (χ1) is 7.52. The Balaban J connectivity index is 2.67. The maximum atomic E-state index is 10.5. The summed E-state index contributed by atoms with van der Waals surface area (Å²) in [5, 5.41) is 18.1. The summed E-state index contributed by atoms with van der Waals surface area (Å²) < 4.78 is 4.91. The molecule has 0 heterocycles. The molecular weight excluding hydrogens is 210 g/mol. The predicted octanol–water partition coefficient (Wildman–Crippen LogP) is 0.917. The van der Waals surface area contributed by atoms with E-state index in [4.69, 9.17) is 9.84 Å². The van der Waals surface area contributed by atoms with Crippen LogP contribution >= 0.6 is 0 Å². The Morgan fingerprint density at radius 1 is 1.50 bits per heavy atom. The standard InChI is InChI=1S/C11H15NO4/c1-12(7-11(14)15)6-8-3-4-10(16-2)9(13)5-8/h3-5,13H,6-7H2,1-2H3,(H,14,15). The van der Waals surface area contributed by atoms with Gasteiger partial charge in [-0.3, -0.25) is 9.69 Å². The van der Waals surface area contributed by atoms with E-state index in [2.05, 4.69) is 0 Å². The van der Waals surface area contributed by atoms with Crippen LogP contribution in [0.15, 0.2) is 18.2 Å². The van der Waals surface area contributed by atoms with E-state index in [1.807, 2.05) is 0 Å². The molecule has 1 aromatic rings. The van der Waals surface area contributed by atoms with Crippen molar-refractivity contribution in [2.45, 2.75) is 6.54 Å². The zero-order valence-corrected chi connectivity index (χ0v) is 9.30. The highest BCUT2D eigenvalue weighted by Gasteiger charge is 2.07. The predicted molar refractivity (Wildman–Crippen MR) is 58.6 cm³/mol. The van der Waals surface area contributed by atoms with E-state index in [0.717, 1.165) is 5.56 Å². The van der Waals surface area contributed by atoms with Gasteiger partial charge in [0, 0.05) is 6.54 Å². The number of carbonyl (C=O) groups is 1. The lowest BCUT2D eigenvalue weighted by molar-refractivity contribution is -0.138. The van der Waals surface area contributed by atoms with Crippen LogP contribution in [0.2, 0.25) is 0 Å². The highest BCUT2D eigenvalue weighted by Crippen LogP contribution is 2.26. The van der Waals surface area contributed by atoms with Crippen molar-refractivity contribution >= 4 is 5.97 Å². The lowest BCUT2D eigenvalue weighted by Gasteiger charge is -2.14. The largest absolute Gasteiger partial charge is 0.504 e. The van der Waals surface area contributed by atoms with Gasteiger partial charge in [-0.2, -0.15) is 0 Å². The molecule has 5 nitrogen and oxygen atoms in total. The Bertz CT molecular complexity index is 378. The van der Waals surface area contributed by atoms with Gasteiger partial charge in [0.2, 0.25) is 0 Å². The van der Waals surface area contributed by atoms with Crippen molar-refractivity contribution in [3.63, 3.8) is 0 Å². The molecule has 0 aliphatic rings. The molecule has 0 aliphatic heterocycles. The topological polar surface area (TPSA) is 70.0 Å². The number of hydrogen-bond acceptors (Lipinski definition) is 4. The number of benzene rings is 1. The van der Waals surface area contributed by atoms with Gasteiger partial charge >= 0.3 is 5.97 Å². The Labute approximate surface area is 93.9 Å². The highest BCUT2D eigenvalue weighted by molar-refractivity contribution is 5.69. The summed E-state index contributed by atoms with van der Waals surface area (Å²) in [6, 6.07) is 5.01. The number of likely N-dealkylation sites (N-methyl/N-ethyl adjacent to an activating group) is 1. The molecule has 5 heteroatoms. The molecule has 0 saturated carbocycles. The first-order valence-corrected chi connectivity index (χ1v) is 4.79. The molecule has 0 unspecified atom stereocenters. The number of hydrogen-bond donors (Lipinski definition) is 2. The number of methoxy groups -OCH3 is 1. The molecule has 0 fully saturated rings. The SMILES string of the molecule is COc1ccc(CN(C)CC(=O)O)cc1O. The number of phenols is 1. The van der Waals surface area contributed by atoms with Gasteiger partial charge in [0.1, 0.15) is 0 Å². The van der Waals surface area contributed by atoms with Crippen molar-refractivity contribution < 1.29 is 19.7 Å². The Morgan fingerprint density at radius 3 is 2.69 bits per heavy atom. The Hall–Kier alpha value is -1.75. The molecule has 2 N–H and O–H groups in total. The van der Waals surface area contributed by atoms with Crippen LogP contribution in [0.4, 0.5) is 0 Å². The highest BCUT2D eigenvalue weighted by atomic mass is 16.5. The maximum absolute atomic E-state index is 10.5. The smallest absolute Gasteiger partial charge is 0.317 e. The third-order valence-electron chi connectivity index (χ3n) is 2.10. The number of aromatic hydroxyl groups is 1. The van der Waals surface area contributed by atoms with Crippen LogP contribution in [0.25, 0.3) is 0 Å². The van der Waals surface area contributed by atoms with Crippen molar-refractivity contribution in [3.05, 3.63) is 23.8 Å². The second-order valence-electron chi connectivity index (χ2n) is 3.57. The van der Waals surface area contributed by atoms with E-state index in [1.165, 1.54) is 7.11 Å². The van der Waals surface area contributed by atoms with E-state index < -0.39 is 5.97 Å². The van der Waals surface area contributed by atoms with E-state index in [-0.39, 0.29) is 12.3 Å². The van der Waals surface area contributed by atoms with Crippen LogP contribution in [0, 0.1) is 0 Å². The minimum atomic E-state index is -0.875. The zero-order chi connectivity index (χ0) is 12.1. The third kappa shape index (κ3) is 3.43. The van der Waals surface area contributed by atoms with Crippen LogP contribution in [0.3, 0.4) is 0 Å². The molecule has 88 valence electrons. The molecule has 1 aromatic carbocycles. The zero-order valence-electron chi connectivity index (χ0n) is 9.30. The van der Waals surface area contributed by atoms with Crippen LogP contribution in [-0.2, 0) is 11.3 Å². The third-order valence-corrected chi connectivity index (χ3v) is 2.10. The number of carboxylic acids is 1. The van der Waals surface area contributed by atoms with Gasteiger partial charge in [0.05, 0.1) is 13.7 Å². The molecule has 0 bridgehead atoms. The van der Waals surface area contributed by atoms with Gasteiger partial charge in [-0.25, -0.2) is 0 Å². The summed E-state index contributed by atoms with van der Waals surface area (Å²) in [4.78, 5) is 12.1. The first kappa shape index (κ1) is 12.3. The second kappa shape index (κ2) is 5.37. The Kier molecular flexibility index (Phi) is 4.13. The van der Waals surface area contributed by atoms with Gasteiger partial charge < -0.3 is 14.9 Å². The molecule has 1 rings (SSSR count). The fourth-order valence-electron chi connectivity index (χ4n) is 1.43. The van der Waals surface area contributed by atoms with Gasteiger partial charge in [-0.15, -0.1) is 0 Å². The van der Waals surface area contributed by atoms with E-state index >= 15 is 0 Å². The van der Waals surface area contributed by atoms with Crippen molar-refractivity contribution in [1.29, 1.82) is 0 Å². The van der Waals surface area contributed by atoms with Crippen LogP contribution in [0.1, 0.15) is 5.56 Å². The first-order valence-electron chi connectivity index (χ1n) is 4.79. The fraction of sp³-hybridized carbons (Fsp3) is 0.364. The van der Waals surface area contributed by atoms with E-state index in [0.29, 0.717) is 12.3 Å². The average molecular weight is 225 g/mol. The number of rotatable bonds is 5. The van der Waals surface area contributed by atoms with Crippen molar-refractivity contribution in [2.24, 2.45) is 0 Å². The number of carboxylic acid groups (broad SMARTS) is 1. The molecule has 0 radical (unpaired) electrons. The number of phenolic OH excluding ortho intramolecular Hbond substituents is 1. The molecule has 0 amide bonds. The monoisotopic (exact) mass is 225 g/mol. The van der Waals surface area contributed by atoms with Crippen molar-refractivity contribution in [1.82, 2.24) is 4.90 Å². The Morgan fingerprint density at radius 2 is 2.19 bits per heavy atom. The number of nitrogens with zero attached hydrogens (tertiary/aromatic N) is 1. The summed E-state index contributed by atoms with van der Waals surface area (Å²) in [6.45, 7) is 0.427. The van der Waals surface area contributed by atoms with E-state index in [1.54, 1.807) is 30.1 Å². The molecule has 0 spiro atoms. The number of ether oxygens (including phenoxy) is 1. The normalized spacial score (nSPS) is 10.4. The quantitative estimate of drug-likeness (QED) is 0.779. The van der Waals surface area contributed by atoms with Crippen molar-refractivity contribution in [3.8, 4) is 11.5 Å². The minimum Gasteiger partial charge on any atom is -0.504 e. The summed E-state index contributed by atoms with van der Waals surface area (Å²) in [5.41, 5.74) is 0.835. The molecule has 0 aliphatic carbocycles. The molecule has 0 atom stereocenters. The molecular formula is C11H15NO4. The molecule has 16 heavy (non-hydrogen) atoms. The summed E-state index contributed by atoms with van der Waals surface area (Å²) in [6.07, 6.45) is 0. The van der Waals surface area contributed by atoms with E-state index in [9.17, 15) is 9.90 Å². The summed E-state index contributed by atoms with van der Waals surface area (Å²) in [5.74, 6) is -0.409. The van der Waals surface area contributed by atoms with Crippen molar-refractivity contribution in [2.75, 3.05) is 20.7 Å². The van der Waals surface area contributed by atoms with Gasteiger partial charge in [-0.1, -0.05) is 6.07 Å². The van der Waals surface area contributed by atoms with Crippen LogP contribution in [0.5, 0.6) is 11.5 Å². The average Bonchev–Trinajstić information content (AvgIpc) is 2.16. The van der Waals surface area contributed by atoms with Gasteiger partial charge in [0.15, 0.2) is 11.5 Å². The summed E-state index contributed by atoms with van der Waals surface area (Å²) >= 11 is 0. The lowest BCUT2D eigenvalue weighted by atomic mass is 10.2. The lowest BCUT2D eigenvalue weighted by Crippen LogP contribution is -2.25. The van der Waals surface area contributed by atoms with Gasteiger partial charge in [0.25, 0.3) is 0 Å². The molecule has 0 aromatic heterocycles. The number of aliphatic carboxylic acids is 1. The fourth-order valence-corrected chi connectivity index (χ4v) is 1.43. The maximum Gasteiger partial charge on any atom is 0.317 e. The molecule has 0 saturated heterocycles. The minimum absolute atomic E-state index is 0.0349. The van der Waals surface area contributed by atoms with Crippen LogP contribution in [-0.4, -0.2) is 41.8 Å². The second-order valence-corrected chi connectivity index (χ2v) is 3.57. The van der Waals surface area contributed by atoms with Crippen LogP contribution < -0.4 is 4.74 Å². The van der Waals surface area contributed by atoms with Gasteiger partial charge in [-0.05, 0) is 24.7 Å². The summed E-state index contributed by atoms with van der Waals surface area (Å²) in [7, 11) is 3.18.